The predicted molar refractivity (Wildman–Crippen MR) is 82.4 cm³/mol. The van der Waals surface area contributed by atoms with Gasteiger partial charge in [0.15, 0.2) is 0 Å². The molecule has 1 fully saturated rings. The van der Waals surface area contributed by atoms with Crippen molar-refractivity contribution in [1.82, 2.24) is 5.32 Å². The molecule has 0 bridgehead atoms. The summed E-state index contributed by atoms with van der Waals surface area (Å²) in [5.41, 5.74) is 1.74. The molecule has 0 saturated carbocycles. The number of nitro groups is 1. The Morgan fingerprint density at radius 2 is 2.19 bits per heavy atom. The molecule has 1 heterocycles. The lowest BCUT2D eigenvalue weighted by atomic mass is 9.93. The maximum atomic E-state index is 11.0. The van der Waals surface area contributed by atoms with Crippen LogP contribution >= 0.6 is 0 Å². The van der Waals surface area contributed by atoms with E-state index in [1.54, 1.807) is 13.0 Å². The Labute approximate surface area is 125 Å². The molecular weight excluding hydrogens is 268 g/mol. The largest absolute Gasteiger partial charge is 0.375 e. The quantitative estimate of drug-likeness (QED) is 0.681. The van der Waals surface area contributed by atoms with Crippen LogP contribution in [0.25, 0.3) is 0 Å². The Kier molecular flexibility index (Phi) is 4.64. The first-order valence-corrected chi connectivity index (χ1v) is 7.43. The molecule has 1 aliphatic rings. The van der Waals surface area contributed by atoms with Crippen molar-refractivity contribution in [2.24, 2.45) is 0 Å². The maximum Gasteiger partial charge on any atom is 0.272 e. The molecule has 2 unspecified atom stereocenters. The first-order valence-electron chi connectivity index (χ1n) is 7.43. The highest BCUT2D eigenvalue weighted by Gasteiger charge is 2.29. The number of rotatable bonds is 4. The Hall–Kier alpha value is -1.46. The summed E-state index contributed by atoms with van der Waals surface area (Å²) in [6.07, 6.45) is 1.92. The van der Waals surface area contributed by atoms with E-state index in [4.69, 9.17) is 4.74 Å². The second-order valence-electron chi connectivity index (χ2n) is 6.49. The molecule has 0 radical (unpaired) electrons. The molecule has 0 spiro atoms. The average Bonchev–Trinajstić information content (AvgIpc) is 2.37. The molecule has 2 rings (SSSR count). The Balaban J connectivity index is 2.08. The van der Waals surface area contributed by atoms with Crippen molar-refractivity contribution in [2.75, 3.05) is 6.61 Å². The molecule has 2 atom stereocenters. The molecule has 1 N–H and O–H groups in total. The minimum atomic E-state index is -0.316. The number of benzene rings is 1. The van der Waals surface area contributed by atoms with Crippen LogP contribution in [0.1, 0.15) is 50.8 Å². The van der Waals surface area contributed by atoms with Crippen molar-refractivity contribution in [3.05, 3.63) is 39.4 Å². The third-order valence-electron chi connectivity index (χ3n) is 4.11. The first kappa shape index (κ1) is 15.9. The van der Waals surface area contributed by atoms with Gasteiger partial charge in [-0.15, -0.1) is 0 Å². The summed E-state index contributed by atoms with van der Waals surface area (Å²) in [6.45, 7) is 8.77. The van der Waals surface area contributed by atoms with Crippen LogP contribution in [0.2, 0.25) is 0 Å². The summed E-state index contributed by atoms with van der Waals surface area (Å²) < 4.78 is 5.72. The Morgan fingerprint density at radius 3 is 2.81 bits per heavy atom. The van der Waals surface area contributed by atoms with Crippen LogP contribution < -0.4 is 5.32 Å². The normalized spacial score (nSPS) is 22.8. The van der Waals surface area contributed by atoms with E-state index in [2.05, 4.69) is 26.1 Å². The third-order valence-corrected chi connectivity index (χ3v) is 4.11. The lowest BCUT2D eigenvalue weighted by Crippen LogP contribution is -2.44. The van der Waals surface area contributed by atoms with Gasteiger partial charge in [0, 0.05) is 30.3 Å². The van der Waals surface area contributed by atoms with Gasteiger partial charge in [-0.05, 0) is 46.1 Å². The van der Waals surface area contributed by atoms with Gasteiger partial charge in [0.1, 0.15) is 0 Å². The van der Waals surface area contributed by atoms with E-state index in [1.165, 1.54) is 0 Å². The van der Waals surface area contributed by atoms with Gasteiger partial charge >= 0.3 is 0 Å². The fourth-order valence-corrected chi connectivity index (χ4v) is 2.92. The van der Waals surface area contributed by atoms with E-state index in [0.717, 1.165) is 25.0 Å². The molecule has 1 aliphatic heterocycles. The van der Waals surface area contributed by atoms with Crippen molar-refractivity contribution < 1.29 is 9.66 Å². The second kappa shape index (κ2) is 6.12. The van der Waals surface area contributed by atoms with E-state index >= 15 is 0 Å². The van der Waals surface area contributed by atoms with Gasteiger partial charge in [-0.2, -0.15) is 0 Å². The highest BCUT2D eigenvalue weighted by Crippen LogP contribution is 2.27. The van der Waals surface area contributed by atoms with Crippen LogP contribution in [0, 0.1) is 17.0 Å². The molecule has 0 aromatic heterocycles. The molecule has 0 aliphatic carbocycles. The molecular formula is C16H24N2O3. The SMILES string of the molecule is Cc1ccc(C(C)NC2CCOC(C)(C)C2)cc1[N+](=O)[O-]. The number of hydrogen-bond donors (Lipinski definition) is 1. The fourth-order valence-electron chi connectivity index (χ4n) is 2.92. The monoisotopic (exact) mass is 292 g/mol. The lowest BCUT2D eigenvalue weighted by Gasteiger charge is -2.37. The molecule has 0 amide bonds. The average molecular weight is 292 g/mol. The van der Waals surface area contributed by atoms with Crippen molar-refractivity contribution in [3.8, 4) is 0 Å². The van der Waals surface area contributed by atoms with E-state index < -0.39 is 0 Å². The topological polar surface area (TPSA) is 64.4 Å². The van der Waals surface area contributed by atoms with Gasteiger partial charge in [-0.3, -0.25) is 10.1 Å². The number of ether oxygens (including phenoxy) is 1. The summed E-state index contributed by atoms with van der Waals surface area (Å²) in [5.74, 6) is 0. The molecule has 1 saturated heterocycles. The second-order valence-corrected chi connectivity index (χ2v) is 6.49. The zero-order valence-corrected chi connectivity index (χ0v) is 13.2. The van der Waals surface area contributed by atoms with Crippen LogP contribution in [0.5, 0.6) is 0 Å². The lowest BCUT2D eigenvalue weighted by molar-refractivity contribution is -0.385. The number of nitro benzene ring substituents is 1. The van der Waals surface area contributed by atoms with Gasteiger partial charge in [-0.25, -0.2) is 0 Å². The molecule has 1 aromatic carbocycles. The van der Waals surface area contributed by atoms with Gasteiger partial charge in [0.05, 0.1) is 10.5 Å². The predicted octanol–water partition coefficient (Wildman–Crippen LogP) is 3.51. The van der Waals surface area contributed by atoms with Crippen LogP contribution in [0.15, 0.2) is 18.2 Å². The van der Waals surface area contributed by atoms with Crippen molar-refractivity contribution >= 4 is 5.69 Å². The zero-order valence-electron chi connectivity index (χ0n) is 13.2. The van der Waals surface area contributed by atoms with Crippen LogP contribution in [-0.2, 0) is 4.74 Å². The third kappa shape index (κ3) is 4.02. The van der Waals surface area contributed by atoms with Gasteiger partial charge in [0.2, 0.25) is 0 Å². The van der Waals surface area contributed by atoms with Crippen molar-refractivity contribution in [3.63, 3.8) is 0 Å². The van der Waals surface area contributed by atoms with Crippen LogP contribution in [0.4, 0.5) is 5.69 Å². The van der Waals surface area contributed by atoms with E-state index in [0.29, 0.717) is 11.6 Å². The van der Waals surface area contributed by atoms with E-state index in [1.807, 2.05) is 12.1 Å². The van der Waals surface area contributed by atoms with E-state index in [-0.39, 0.29) is 22.3 Å². The maximum absolute atomic E-state index is 11.0. The van der Waals surface area contributed by atoms with Crippen molar-refractivity contribution in [1.29, 1.82) is 0 Å². The Morgan fingerprint density at radius 1 is 1.48 bits per heavy atom. The zero-order chi connectivity index (χ0) is 15.6. The standard InChI is InChI=1S/C16H24N2O3/c1-11-5-6-13(9-15(11)18(19)20)12(2)17-14-7-8-21-16(3,4)10-14/h5-6,9,12,14,17H,7-8,10H2,1-4H3. The summed E-state index contributed by atoms with van der Waals surface area (Å²) in [7, 11) is 0. The minimum absolute atomic E-state index is 0.0863. The molecule has 21 heavy (non-hydrogen) atoms. The van der Waals surface area contributed by atoms with Gasteiger partial charge in [0.25, 0.3) is 5.69 Å². The van der Waals surface area contributed by atoms with Crippen LogP contribution in [-0.4, -0.2) is 23.2 Å². The van der Waals surface area contributed by atoms with Gasteiger partial charge in [-0.1, -0.05) is 12.1 Å². The van der Waals surface area contributed by atoms with Crippen LogP contribution in [0.3, 0.4) is 0 Å². The molecule has 1 aromatic rings. The summed E-state index contributed by atoms with van der Waals surface area (Å²) in [6, 6.07) is 5.92. The fraction of sp³-hybridized carbons (Fsp3) is 0.625. The smallest absolute Gasteiger partial charge is 0.272 e. The summed E-state index contributed by atoms with van der Waals surface area (Å²) in [5, 5.41) is 14.6. The summed E-state index contributed by atoms with van der Waals surface area (Å²) >= 11 is 0. The number of hydrogen-bond acceptors (Lipinski definition) is 4. The highest BCUT2D eigenvalue weighted by molar-refractivity contribution is 5.43. The van der Waals surface area contributed by atoms with Crippen molar-refractivity contribution in [2.45, 2.75) is 58.2 Å². The first-order chi connectivity index (χ1) is 9.78. The van der Waals surface area contributed by atoms with E-state index in [9.17, 15) is 10.1 Å². The molecule has 116 valence electrons. The molecule has 5 nitrogen and oxygen atoms in total. The number of nitrogens with zero attached hydrogens (tertiary/aromatic N) is 1. The summed E-state index contributed by atoms with van der Waals surface area (Å²) in [4.78, 5) is 10.7. The highest BCUT2D eigenvalue weighted by atomic mass is 16.6. The number of nitrogens with one attached hydrogen (secondary N) is 1. The van der Waals surface area contributed by atoms with Gasteiger partial charge < -0.3 is 10.1 Å². The number of aryl methyl sites for hydroxylation is 1. The Bertz CT molecular complexity index is 528. The minimum Gasteiger partial charge on any atom is -0.375 e. The molecule has 5 heteroatoms.